The van der Waals surface area contributed by atoms with E-state index in [1.807, 2.05) is 57.3 Å². The lowest BCUT2D eigenvalue weighted by Crippen LogP contribution is -2.20. The van der Waals surface area contributed by atoms with Crippen molar-refractivity contribution in [2.45, 2.75) is 51.5 Å². The molecule has 1 atom stereocenters. The topological polar surface area (TPSA) is 96.9 Å². The van der Waals surface area contributed by atoms with E-state index in [2.05, 4.69) is 15.4 Å². The summed E-state index contributed by atoms with van der Waals surface area (Å²) in [6, 6.07) is 9.66. The summed E-state index contributed by atoms with van der Waals surface area (Å²) >= 11 is 0. The van der Waals surface area contributed by atoms with Crippen molar-refractivity contribution in [2.24, 2.45) is 0 Å². The van der Waals surface area contributed by atoms with Gasteiger partial charge in [-0.3, -0.25) is 4.79 Å². The Bertz CT molecular complexity index is 1180. The molecule has 3 heterocycles. The van der Waals surface area contributed by atoms with Crippen LogP contribution in [0.1, 0.15) is 50.9 Å². The minimum Gasteiger partial charge on any atom is -0.361 e. The van der Waals surface area contributed by atoms with Gasteiger partial charge >= 0.3 is 0 Å². The number of rotatable bonds is 5. The third-order valence-electron chi connectivity index (χ3n) is 5.62. The average molecular weight is 429 g/mol. The lowest BCUT2D eigenvalue weighted by atomic mass is 9.92. The number of anilines is 1. The summed E-state index contributed by atoms with van der Waals surface area (Å²) in [6.07, 6.45) is 3.42. The van der Waals surface area contributed by atoms with Gasteiger partial charge in [0.15, 0.2) is 9.84 Å². The smallest absolute Gasteiger partial charge is 0.225 e. The number of benzene rings is 1. The van der Waals surface area contributed by atoms with E-state index in [4.69, 9.17) is 0 Å². The molecule has 0 spiro atoms. The van der Waals surface area contributed by atoms with Gasteiger partial charge in [-0.05, 0) is 24.5 Å². The number of nitrogens with zero attached hydrogens (tertiary/aromatic N) is 2. The van der Waals surface area contributed by atoms with Crippen LogP contribution in [0.5, 0.6) is 0 Å². The van der Waals surface area contributed by atoms with Crippen molar-refractivity contribution in [3.63, 3.8) is 0 Å². The number of carbonyl (C=O) groups is 1. The summed E-state index contributed by atoms with van der Waals surface area (Å²) in [5, 5.41) is 8.77. The summed E-state index contributed by atoms with van der Waals surface area (Å²) in [5.41, 5.74) is 2.79. The Labute approximate surface area is 176 Å². The molecule has 160 valence electrons. The number of sulfone groups is 1. The van der Waals surface area contributed by atoms with Crippen LogP contribution in [0.3, 0.4) is 0 Å². The van der Waals surface area contributed by atoms with Gasteiger partial charge in [-0.15, -0.1) is 0 Å². The molecule has 0 aliphatic carbocycles. The molecule has 7 nitrogen and oxygen atoms in total. The van der Waals surface area contributed by atoms with Crippen molar-refractivity contribution >= 4 is 32.5 Å². The second kappa shape index (κ2) is 7.58. The number of aromatic amines is 1. The van der Waals surface area contributed by atoms with Gasteiger partial charge in [-0.1, -0.05) is 39.0 Å². The quantitative estimate of drug-likeness (QED) is 0.649. The lowest BCUT2D eigenvalue weighted by molar-refractivity contribution is -0.116. The molecule has 1 aliphatic rings. The second-order valence-corrected chi connectivity index (χ2v) is 11.3. The zero-order valence-electron chi connectivity index (χ0n) is 17.6. The Morgan fingerprint density at radius 3 is 2.77 bits per heavy atom. The van der Waals surface area contributed by atoms with Crippen LogP contribution in [-0.2, 0) is 26.5 Å². The fourth-order valence-corrected chi connectivity index (χ4v) is 5.58. The minimum absolute atomic E-state index is 0.0659. The van der Waals surface area contributed by atoms with E-state index in [0.717, 1.165) is 22.2 Å². The summed E-state index contributed by atoms with van der Waals surface area (Å²) < 4.78 is 25.6. The van der Waals surface area contributed by atoms with Crippen LogP contribution in [0.2, 0.25) is 0 Å². The third kappa shape index (κ3) is 4.28. The van der Waals surface area contributed by atoms with Crippen molar-refractivity contribution in [3.8, 4) is 0 Å². The SMILES string of the molecule is CC(C)(C)c1cc(NC(=O)CCc2c[nH]c3ccccc23)n([C@@H]2CCS(=O)(=O)C2)n1. The van der Waals surface area contributed by atoms with Crippen LogP contribution >= 0.6 is 0 Å². The van der Waals surface area contributed by atoms with E-state index in [1.54, 1.807) is 4.68 Å². The molecular weight excluding hydrogens is 400 g/mol. The molecule has 0 saturated carbocycles. The Balaban J connectivity index is 1.51. The first-order valence-electron chi connectivity index (χ1n) is 10.3. The van der Waals surface area contributed by atoms with Crippen molar-refractivity contribution in [1.29, 1.82) is 0 Å². The molecule has 2 N–H and O–H groups in total. The zero-order valence-corrected chi connectivity index (χ0v) is 18.4. The fraction of sp³-hybridized carbons (Fsp3) is 0.455. The number of aryl methyl sites for hydroxylation is 1. The van der Waals surface area contributed by atoms with Gasteiger partial charge in [0.25, 0.3) is 0 Å². The maximum absolute atomic E-state index is 12.7. The van der Waals surface area contributed by atoms with Crippen LogP contribution in [0.15, 0.2) is 36.5 Å². The Morgan fingerprint density at radius 1 is 1.30 bits per heavy atom. The molecule has 2 aromatic heterocycles. The Morgan fingerprint density at radius 2 is 2.07 bits per heavy atom. The highest BCUT2D eigenvalue weighted by molar-refractivity contribution is 7.91. The standard InChI is InChI=1S/C22H28N4O3S/c1-22(2,3)19-12-20(26(25-19)16-10-11-30(28,29)14-16)24-21(27)9-8-15-13-23-18-7-5-4-6-17(15)18/h4-7,12-13,16,23H,8-11,14H2,1-3H3,(H,24,27)/t16-/m1/s1. The van der Waals surface area contributed by atoms with Crippen LogP contribution in [0.25, 0.3) is 10.9 Å². The Kier molecular flexibility index (Phi) is 5.22. The number of para-hydroxylation sites is 1. The molecule has 8 heteroatoms. The molecule has 0 bridgehead atoms. The van der Waals surface area contributed by atoms with Gasteiger partial charge in [0.05, 0.1) is 23.2 Å². The summed E-state index contributed by atoms with van der Waals surface area (Å²) in [6.45, 7) is 6.15. The molecule has 1 amide bonds. The number of amides is 1. The normalized spacial score (nSPS) is 18.7. The van der Waals surface area contributed by atoms with Gasteiger partial charge in [0.2, 0.25) is 5.91 Å². The number of carbonyl (C=O) groups excluding carboxylic acids is 1. The van der Waals surface area contributed by atoms with Crippen molar-refractivity contribution in [1.82, 2.24) is 14.8 Å². The number of hydrogen-bond acceptors (Lipinski definition) is 4. The van der Waals surface area contributed by atoms with Crippen LogP contribution < -0.4 is 5.32 Å². The molecule has 4 rings (SSSR count). The maximum Gasteiger partial charge on any atom is 0.225 e. The van der Waals surface area contributed by atoms with Crippen molar-refractivity contribution in [3.05, 3.63) is 47.8 Å². The maximum atomic E-state index is 12.7. The number of hydrogen-bond donors (Lipinski definition) is 2. The van der Waals surface area contributed by atoms with Crippen molar-refractivity contribution in [2.75, 3.05) is 16.8 Å². The molecule has 1 aromatic carbocycles. The average Bonchev–Trinajstić information content (AvgIpc) is 3.36. The van der Waals surface area contributed by atoms with Gasteiger partial charge < -0.3 is 10.3 Å². The molecule has 3 aromatic rings. The van der Waals surface area contributed by atoms with E-state index in [9.17, 15) is 13.2 Å². The molecule has 1 saturated heterocycles. The predicted octanol–water partition coefficient (Wildman–Crippen LogP) is 3.59. The zero-order chi connectivity index (χ0) is 21.5. The largest absolute Gasteiger partial charge is 0.361 e. The highest BCUT2D eigenvalue weighted by Crippen LogP contribution is 2.31. The number of nitrogens with one attached hydrogen (secondary N) is 2. The number of aromatic nitrogens is 3. The first-order valence-corrected chi connectivity index (χ1v) is 12.1. The molecule has 0 radical (unpaired) electrons. The second-order valence-electron chi connectivity index (χ2n) is 9.07. The lowest BCUT2D eigenvalue weighted by Gasteiger charge is -2.15. The van der Waals surface area contributed by atoms with Crippen LogP contribution in [0, 0.1) is 0 Å². The third-order valence-corrected chi connectivity index (χ3v) is 7.37. The van der Waals surface area contributed by atoms with E-state index in [1.165, 1.54) is 0 Å². The van der Waals surface area contributed by atoms with Gasteiger partial charge in [0, 0.05) is 35.0 Å². The highest BCUT2D eigenvalue weighted by atomic mass is 32.2. The molecule has 30 heavy (non-hydrogen) atoms. The molecule has 1 fully saturated rings. The van der Waals surface area contributed by atoms with E-state index in [-0.39, 0.29) is 28.9 Å². The van der Waals surface area contributed by atoms with E-state index < -0.39 is 9.84 Å². The van der Waals surface area contributed by atoms with E-state index in [0.29, 0.717) is 25.1 Å². The number of H-pyrrole nitrogens is 1. The first-order chi connectivity index (χ1) is 14.1. The predicted molar refractivity (Wildman–Crippen MR) is 118 cm³/mol. The minimum atomic E-state index is -3.05. The highest BCUT2D eigenvalue weighted by Gasteiger charge is 2.32. The number of fused-ring (bicyclic) bond motifs is 1. The van der Waals surface area contributed by atoms with Crippen molar-refractivity contribution < 1.29 is 13.2 Å². The monoisotopic (exact) mass is 428 g/mol. The fourth-order valence-electron chi connectivity index (χ4n) is 3.89. The molecule has 1 aliphatic heterocycles. The molecular formula is C22H28N4O3S. The summed E-state index contributed by atoms with van der Waals surface area (Å²) in [7, 11) is -3.05. The van der Waals surface area contributed by atoms with E-state index >= 15 is 0 Å². The van der Waals surface area contributed by atoms with Crippen LogP contribution in [0.4, 0.5) is 5.82 Å². The molecule has 0 unspecified atom stereocenters. The Hall–Kier alpha value is -2.61. The van der Waals surface area contributed by atoms with Gasteiger partial charge in [-0.2, -0.15) is 5.10 Å². The van der Waals surface area contributed by atoms with Gasteiger partial charge in [0.1, 0.15) is 5.82 Å². The van der Waals surface area contributed by atoms with Crippen LogP contribution in [-0.4, -0.2) is 40.6 Å². The first kappa shape index (κ1) is 20.7. The summed E-state index contributed by atoms with van der Waals surface area (Å²) in [5.74, 6) is 0.695. The summed E-state index contributed by atoms with van der Waals surface area (Å²) in [4.78, 5) is 15.9. The van der Waals surface area contributed by atoms with Gasteiger partial charge in [-0.25, -0.2) is 13.1 Å².